The standard InChI is InChI=1S/C17H24FNO3/c1-12(2)11-22-15-7-9-19(10-8-15)16(17(20)21)13-3-5-14(18)6-4-13/h3-6,12,15-16H,7-11H2,1-2H3,(H,20,21). The second kappa shape index (κ2) is 7.70. The molecule has 0 aromatic heterocycles. The highest BCUT2D eigenvalue weighted by molar-refractivity contribution is 5.75. The van der Waals surface area contributed by atoms with Gasteiger partial charge in [0.1, 0.15) is 11.9 Å². The van der Waals surface area contributed by atoms with Crippen LogP contribution in [0, 0.1) is 11.7 Å². The van der Waals surface area contributed by atoms with Crippen molar-refractivity contribution in [1.29, 1.82) is 0 Å². The van der Waals surface area contributed by atoms with Crippen LogP contribution in [0.3, 0.4) is 0 Å². The molecule has 0 amide bonds. The maximum atomic E-state index is 13.0. The number of benzene rings is 1. The van der Waals surface area contributed by atoms with Gasteiger partial charge in [0.2, 0.25) is 0 Å². The third-order valence-corrected chi connectivity index (χ3v) is 3.93. The molecule has 4 nitrogen and oxygen atoms in total. The van der Waals surface area contributed by atoms with Crippen molar-refractivity contribution in [2.45, 2.75) is 38.8 Å². The van der Waals surface area contributed by atoms with Crippen molar-refractivity contribution in [2.75, 3.05) is 19.7 Å². The van der Waals surface area contributed by atoms with E-state index in [-0.39, 0.29) is 11.9 Å². The highest BCUT2D eigenvalue weighted by atomic mass is 19.1. The van der Waals surface area contributed by atoms with Crippen LogP contribution in [0.2, 0.25) is 0 Å². The summed E-state index contributed by atoms with van der Waals surface area (Å²) in [5.74, 6) is -0.745. The van der Waals surface area contributed by atoms with Crippen LogP contribution >= 0.6 is 0 Å². The van der Waals surface area contributed by atoms with Crippen molar-refractivity contribution < 1.29 is 19.0 Å². The highest BCUT2D eigenvalue weighted by Crippen LogP contribution is 2.26. The topological polar surface area (TPSA) is 49.8 Å². The Balaban J connectivity index is 1.97. The molecule has 5 heteroatoms. The number of halogens is 1. The largest absolute Gasteiger partial charge is 0.480 e. The Kier molecular flexibility index (Phi) is 5.91. The number of piperidine rings is 1. The summed E-state index contributed by atoms with van der Waals surface area (Å²) in [6, 6.07) is 5.00. The van der Waals surface area contributed by atoms with Crippen molar-refractivity contribution >= 4 is 5.97 Å². The molecule has 22 heavy (non-hydrogen) atoms. The van der Waals surface area contributed by atoms with Gasteiger partial charge in [0, 0.05) is 19.7 Å². The Morgan fingerprint density at radius 2 is 1.91 bits per heavy atom. The highest BCUT2D eigenvalue weighted by Gasteiger charge is 2.31. The van der Waals surface area contributed by atoms with Gasteiger partial charge in [-0.1, -0.05) is 26.0 Å². The quantitative estimate of drug-likeness (QED) is 0.877. The molecule has 0 radical (unpaired) electrons. The third-order valence-electron chi connectivity index (χ3n) is 3.93. The Bertz CT molecular complexity index is 481. The first-order chi connectivity index (χ1) is 10.5. The van der Waals surface area contributed by atoms with E-state index in [9.17, 15) is 14.3 Å². The summed E-state index contributed by atoms with van der Waals surface area (Å²) in [7, 11) is 0. The number of carboxylic acids is 1. The maximum Gasteiger partial charge on any atom is 0.325 e. The summed E-state index contributed by atoms with van der Waals surface area (Å²) in [4.78, 5) is 13.5. The Morgan fingerprint density at radius 3 is 2.41 bits per heavy atom. The average Bonchev–Trinajstić information content (AvgIpc) is 2.48. The monoisotopic (exact) mass is 309 g/mol. The first-order valence-electron chi connectivity index (χ1n) is 7.81. The Labute approximate surface area is 130 Å². The van der Waals surface area contributed by atoms with Crippen LogP contribution in [0.1, 0.15) is 38.3 Å². The number of hydrogen-bond acceptors (Lipinski definition) is 3. The number of nitrogens with zero attached hydrogens (tertiary/aromatic N) is 1. The van der Waals surface area contributed by atoms with Gasteiger partial charge in [0.25, 0.3) is 0 Å². The predicted molar refractivity (Wildman–Crippen MR) is 82.2 cm³/mol. The van der Waals surface area contributed by atoms with E-state index in [0.29, 0.717) is 24.6 Å². The lowest BCUT2D eigenvalue weighted by Crippen LogP contribution is -2.42. The molecule has 1 aromatic carbocycles. The van der Waals surface area contributed by atoms with Gasteiger partial charge in [-0.15, -0.1) is 0 Å². The third kappa shape index (κ3) is 4.52. The SMILES string of the molecule is CC(C)COC1CCN(C(C(=O)O)c2ccc(F)cc2)CC1. The van der Waals surface area contributed by atoms with E-state index < -0.39 is 12.0 Å². The minimum atomic E-state index is -0.895. The lowest BCUT2D eigenvalue weighted by atomic mass is 10.0. The lowest BCUT2D eigenvalue weighted by molar-refractivity contribution is -0.145. The second-order valence-corrected chi connectivity index (χ2v) is 6.25. The number of likely N-dealkylation sites (tertiary alicyclic amines) is 1. The zero-order valence-electron chi connectivity index (χ0n) is 13.2. The summed E-state index contributed by atoms with van der Waals surface area (Å²) in [6.45, 7) is 6.33. The molecule has 1 aliphatic rings. The van der Waals surface area contributed by atoms with Crippen molar-refractivity contribution in [3.05, 3.63) is 35.6 Å². The summed E-state index contributed by atoms with van der Waals surface area (Å²) in [5.41, 5.74) is 0.621. The number of rotatable bonds is 6. The zero-order chi connectivity index (χ0) is 16.1. The number of aliphatic carboxylic acids is 1. The normalized spacial score (nSPS) is 18.5. The number of ether oxygens (including phenoxy) is 1. The fraction of sp³-hybridized carbons (Fsp3) is 0.588. The van der Waals surface area contributed by atoms with Gasteiger partial charge in [0.15, 0.2) is 0 Å². The fourth-order valence-corrected chi connectivity index (χ4v) is 2.78. The minimum absolute atomic E-state index is 0.210. The predicted octanol–water partition coefficient (Wildman–Crippen LogP) is 3.09. The minimum Gasteiger partial charge on any atom is -0.480 e. The average molecular weight is 309 g/mol. The van der Waals surface area contributed by atoms with Crippen LogP contribution in [0.15, 0.2) is 24.3 Å². The zero-order valence-corrected chi connectivity index (χ0v) is 13.2. The van der Waals surface area contributed by atoms with Crippen LogP contribution < -0.4 is 0 Å². The van der Waals surface area contributed by atoms with E-state index in [1.54, 1.807) is 12.1 Å². The van der Waals surface area contributed by atoms with Gasteiger partial charge in [0.05, 0.1) is 6.10 Å². The smallest absolute Gasteiger partial charge is 0.325 e. The van der Waals surface area contributed by atoms with E-state index in [1.165, 1.54) is 12.1 Å². The van der Waals surface area contributed by atoms with E-state index in [4.69, 9.17) is 4.74 Å². The Hall–Kier alpha value is -1.46. The molecule has 1 fully saturated rings. The first-order valence-corrected chi connectivity index (χ1v) is 7.81. The summed E-state index contributed by atoms with van der Waals surface area (Å²) in [5, 5.41) is 9.52. The number of carbonyl (C=O) groups is 1. The molecule has 1 atom stereocenters. The van der Waals surface area contributed by atoms with Crippen molar-refractivity contribution in [3.63, 3.8) is 0 Å². The summed E-state index contributed by atoms with van der Waals surface area (Å²) < 4.78 is 18.8. The van der Waals surface area contributed by atoms with Gasteiger partial charge in [-0.25, -0.2) is 4.39 Å². The van der Waals surface area contributed by atoms with Crippen molar-refractivity contribution in [1.82, 2.24) is 4.90 Å². The summed E-state index contributed by atoms with van der Waals surface area (Å²) >= 11 is 0. The second-order valence-electron chi connectivity index (χ2n) is 6.25. The molecular weight excluding hydrogens is 285 g/mol. The maximum absolute atomic E-state index is 13.0. The molecule has 1 N–H and O–H groups in total. The molecule has 1 saturated heterocycles. The van der Waals surface area contributed by atoms with E-state index in [0.717, 1.165) is 19.4 Å². The van der Waals surface area contributed by atoms with Crippen LogP contribution in [0.25, 0.3) is 0 Å². The van der Waals surface area contributed by atoms with Crippen molar-refractivity contribution in [2.24, 2.45) is 5.92 Å². The van der Waals surface area contributed by atoms with Crippen LogP contribution in [0.4, 0.5) is 4.39 Å². The van der Waals surface area contributed by atoms with E-state index in [2.05, 4.69) is 13.8 Å². The van der Waals surface area contributed by atoms with E-state index >= 15 is 0 Å². The van der Waals surface area contributed by atoms with Crippen LogP contribution in [0.5, 0.6) is 0 Å². The molecule has 1 aliphatic heterocycles. The molecular formula is C17H24FNO3. The number of carboxylic acid groups (broad SMARTS) is 1. The molecule has 0 aliphatic carbocycles. The number of hydrogen-bond donors (Lipinski definition) is 1. The molecule has 1 unspecified atom stereocenters. The molecule has 1 heterocycles. The van der Waals surface area contributed by atoms with Gasteiger partial charge in [-0.3, -0.25) is 9.69 Å². The van der Waals surface area contributed by atoms with Gasteiger partial charge >= 0.3 is 5.97 Å². The van der Waals surface area contributed by atoms with Crippen LogP contribution in [-0.2, 0) is 9.53 Å². The van der Waals surface area contributed by atoms with E-state index in [1.807, 2.05) is 4.90 Å². The van der Waals surface area contributed by atoms with Gasteiger partial charge in [-0.2, -0.15) is 0 Å². The van der Waals surface area contributed by atoms with Crippen LogP contribution in [-0.4, -0.2) is 41.8 Å². The molecule has 0 bridgehead atoms. The summed E-state index contributed by atoms with van der Waals surface area (Å²) in [6.07, 6.45) is 1.87. The molecule has 0 spiro atoms. The first kappa shape index (κ1) is 16.9. The molecule has 122 valence electrons. The van der Waals surface area contributed by atoms with Gasteiger partial charge < -0.3 is 9.84 Å². The molecule has 0 saturated carbocycles. The fourth-order valence-electron chi connectivity index (χ4n) is 2.78. The molecule has 2 rings (SSSR count). The van der Waals surface area contributed by atoms with Gasteiger partial charge in [-0.05, 0) is 36.5 Å². The van der Waals surface area contributed by atoms with Crippen molar-refractivity contribution in [3.8, 4) is 0 Å². The molecule has 1 aromatic rings. The lowest BCUT2D eigenvalue weighted by Gasteiger charge is -2.36. The Morgan fingerprint density at radius 1 is 1.32 bits per heavy atom.